The molecule has 0 bridgehead atoms. The summed E-state index contributed by atoms with van der Waals surface area (Å²) in [5, 5.41) is 9.06. The first-order valence-corrected chi connectivity index (χ1v) is 6.48. The maximum Gasteiger partial charge on any atom is 0.139 e. The quantitative estimate of drug-likeness (QED) is 0.862. The van der Waals surface area contributed by atoms with Crippen molar-refractivity contribution in [2.24, 2.45) is 0 Å². The van der Waals surface area contributed by atoms with Gasteiger partial charge in [-0.3, -0.25) is 0 Å². The van der Waals surface area contributed by atoms with Gasteiger partial charge in [-0.1, -0.05) is 0 Å². The number of rotatable bonds is 4. The van der Waals surface area contributed by atoms with E-state index in [1.54, 1.807) is 18.2 Å². The van der Waals surface area contributed by atoms with Crippen molar-refractivity contribution in [1.82, 2.24) is 9.97 Å². The Morgan fingerprint density at radius 1 is 1.22 bits per heavy atom. The standard InChI is InChI=1S/C13H13FN2OS/c1-9-6-11(7-17)16-13(15-9)8-18-12-4-2-10(14)3-5-12/h2-6,17H,7-8H2,1H3. The SMILES string of the molecule is Cc1cc(CO)nc(CSc2ccc(F)cc2)n1. The van der Waals surface area contributed by atoms with Crippen LogP contribution < -0.4 is 0 Å². The fraction of sp³-hybridized carbons (Fsp3) is 0.231. The third kappa shape index (κ3) is 3.51. The predicted molar refractivity (Wildman–Crippen MR) is 68.7 cm³/mol. The Bertz CT molecular complexity index is 531. The summed E-state index contributed by atoms with van der Waals surface area (Å²) in [4.78, 5) is 9.49. The third-order valence-corrected chi connectivity index (χ3v) is 3.31. The van der Waals surface area contributed by atoms with Crippen molar-refractivity contribution in [1.29, 1.82) is 0 Å². The molecule has 2 rings (SSSR count). The average molecular weight is 264 g/mol. The molecule has 1 N–H and O–H groups in total. The number of aromatic nitrogens is 2. The fourth-order valence-corrected chi connectivity index (χ4v) is 2.28. The van der Waals surface area contributed by atoms with Gasteiger partial charge in [0, 0.05) is 10.6 Å². The first-order valence-electron chi connectivity index (χ1n) is 5.50. The van der Waals surface area contributed by atoms with Gasteiger partial charge >= 0.3 is 0 Å². The van der Waals surface area contributed by atoms with E-state index < -0.39 is 0 Å². The van der Waals surface area contributed by atoms with Crippen molar-refractivity contribution in [2.45, 2.75) is 24.2 Å². The highest BCUT2D eigenvalue weighted by Gasteiger charge is 2.03. The van der Waals surface area contributed by atoms with Crippen LogP contribution in [0.25, 0.3) is 0 Å². The smallest absolute Gasteiger partial charge is 0.139 e. The van der Waals surface area contributed by atoms with Crippen LogP contribution in [-0.4, -0.2) is 15.1 Å². The van der Waals surface area contributed by atoms with E-state index in [2.05, 4.69) is 9.97 Å². The fourth-order valence-electron chi connectivity index (χ4n) is 1.52. The molecule has 5 heteroatoms. The summed E-state index contributed by atoms with van der Waals surface area (Å²) >= 11 is 1.54. The minimum absolute atomic E-state index is 0.0857. The minimum atomic E-state index is -0.242. The maximum absolute atomic E-state index is 12.7. The maximum atomic E-state index is 12.7. The van der Waals surface area contributed by atoms with Crippen molar-refractivity contribution in [3.8, 4) is 0 Å². The molecule has 94 valence electrons. The molecule has 1 aromatic heterocycles. The molecule has 0 saturated carbocycles. The summed E-state index contributed by atoms with van der Waals surface area (Å²) in [7, 11) is 0. The van der Waals surface area contributed by atoms with Crippen molar-refractivity contribution >= 4 is 11.8 Å². The Labute approximate surface area is 109 Å². The van der Waals surface area contributed by atoms with Crippen LogP contribution in [0.15, 0.2) is 35.2 Å². The van der Waals surface area contributed by atoms with E-state index in [4.69, 9.17) is 5.11 Å². The van der Waals surface area contributed by atoms with Crippen LogP contribution in [0.5, 0.6) is 0 Å². The third-order valence-electron chi connectivity index (χ3n) is 2.30. The Morgan fingerprint density at radius 2 is 1.94 bits per heavy atom. The number of aryl methyl sites for hydroxylation is 1. The first kappa shape index (κ1) is 13.0. The van der Waals surface area contributed by atoms with Crippen molar-refractivity contribution < 1.29 is 9.50 Å². The van der Waals surface area contributed by atoms with Gasteiger partial charge in [0.25, 0.3) is 0 Å². The lowest BCUT2D eigenvalue weighted by molar-refractivity contribution is 0.276. The molecule has 0 atom stereocenters. The first-order chi connectivity index (χ1) is 8.67. The molecule has 0 fully saturated rings. The van der Waals surface area contributed by atoms with Gasteiger partial charge in [0.2, 0.25) is 0 Å². The molecule has 0 radical (unpaired) electrons. The summed E-state index contributed by atoms with van der Waals surface area (Å²) in [6.45, 7) is 1.78. The van der Waals surface area contributed by atoms with Crippen LogP contribution in [0, 0.1) is 12.7 Å². The Morgan fingerprint density at radius 3 is 2.61 bits per heavy atom. The monoisotopic (exact) mass is 264 g/mol. The summed E-state index contributed by atoms with van der Waals surface area (Å²) in [6, 6.07) is 8.06. The lowest BCUT2D eigenvalue weighted by Crippen LogP contribution is -2.00. The van der Waals surface area contributed by atoms with Crippen LogP contribution in [0.2, 0.25) is 0 Å². The molecule has 18 heavy (non-hydrogen) atoms. The molecule has 3 nitrogen and oxygen atoms in total. The van der Waals surface area contributed by atoms with Crippen LogP contribution in [0.3, 0.4) is 0 Å². The van der Waals surface area contributed by atoms with E-state index >= 15 is 0 Å². The van der Waals surface area contributed by atoms with E-state index in [1.165, 1.54) is 23.9 Å². The average Bonchev–Trinajstić information content (AvgIpc) is 2.37. The Hall–Kier alpha value is -1.46. The molecule has 0 spiro atoms. The second kappa shape index (κ2) is 5.93. The number of aliphatic hydroxyl groups excluding tert-OH is 1. The van der Waals surface area contributed by atoms with Crippen molar-refractivity contribution in [3.63, 3.8) is 0 Å². The second-order valence-electron chi connectivity index (χ2n) is 3.82. The Balaban J connectivity index is 2.05. The van der Waals surface area contributed by atoms with E-state index in [0.717, 1.165) is 10.6 Å². The summed E-state index contributed by atoms with van der Waals surface area (Å²) < 4.78 is 12.7. The highest BCUT2D eigenvalue weighted by molar-refractivity contribution is 7.98. The zero-order chi connectivity index (χ0) is 13.0. The highest BCUT2D eigenvalue weighted by Crippen LogP contribution is 2.21. The molecule has 0 amide bonds. The molecule has 0 saturated heterocycles. The van der Waals surface area contributed by atoms with Gasteiger partial charge < -0.3 is 5.11 Å². The number of halogens is 1. The molecule has 0 aliphatic heterocycles. The number of hydrogen-bond donors (Lipinski definition) is 1. The summed E-state index contributed by atoms with van der Waals surface area (Å²) in [5.41, 5.74) is 1.46. The molecule has 2 aromatic rings. The van der Waals surface area contributed by atoms with Gasteiger partial charge in [0.1, 0.15) is 11.6 Å². The van der Waals surface area contributed by atoms with E-state index in [9.17, 15) is 4.39 Å². The molecule has 0 aliphatic rings. The largest absolute Gasteiger partial charge is 0.390 e. The molecule has 0 aliphatic carbocycles. The Kier molecular flexibility index (Phi) is 4.28. The van der Waals surface area contributed by atoms with Crippen molar-refractivity contribution in [2.75, 3.05) is 0 Å². The summed E-state index contributed by atoms with van der Waals surface area (Å²) in [6.07, 6.45) is 0. The topological polar surface area (TPSA) is 46.0 Å². The van der Waals surface area contributed by atoms with E-state index in [0.29, 0.717) is 17.3 Å². The van der Waals surface area contributed by atoms with Gasteiger partial charge in [-0.25, -0.2) is 14.4 Å². The number of aliphatic hydroxyl groups is 1. The predicted octanol–water partition coefficient (Wildman–Crippen LogP) is 2.71. The van der Waals surface area contributed by atoms with Crippen LogP contribution >= 0.6 is 11.8 Å². The number of nitrogens with zero attached hydrogens (tertiary/aromatic N) is 2. The summed E-state index contributed by atoms with van der Waals surface area (Å²) in [5.74, 6) is 1.03. The molecule has 1 aromatic carbocycles. The van der Waals surface area contributed by atoms with E-state index in [-0.39, 0.29) is 12.4 Å². The van der Waals surface area contributed by atoms with Gasteiger partial charge in [-0.15, -0.1) is 11.8 Å². The van der Waals surface area contributed by atoms with Crippen LogP contribution in [0.4, 0.5) is 4.39 Å². The number of benzene rings is 1. The van der Waals surface area contributed by atoms with E-state index in [1.807, 2.05) is 6.92 Å². The highest BCUT2D eigenvalue weighted by atomic mass is 32.2. The molecule has 1 heterocycles. The van der Waals surface area contributed by atoms with Crippen molar-refractivity contribution in [3.05, 3.63) is 53.4 Å². The zero-order valence-corrected chi connectivity index (χ0v) is 10.7. The van der Waals surface area contributed by atoms with Gasteiger partial charge in [-0.05, 0) is 37.3 Å². The van der Waals surface area contributed by atoms with Gasteiger partial charge in [-0.2, -0.15) is 0 Å². The zero-order valence-electron chi connectivity index (χ0n) is 9.93. The normalized spacial score (nSPS) is 10.6. The molecular formula is C13H13FN2OS. The number of thioether (sulfide) groups is 1. The molecular weight excluding hydrogens is 251 g/mol. The second-order valence-corrected chi connectivity index (χ2v) is 4.87. The lowest BCUT2D eigenvalue weighted by Gasteiger charge is -2.04. The van der Waals surface area contributed by atoms with Crippen LogP contribution in [-0.2, 0) is 12.4 Å². The number of hydrogen-bond acceptors (Lipinski definition) is 4. The minimum Gasteiger partial charge on any atom is -0.390 e. The lowest BCUT2D eigenvalue weighted by atomic mass is 10.3. The van der Waals surface area contributed by atoms with Crippen LogP contribution in [0.1, 0.15) is 17.2 Å². The van der Waals surface area contributed by atoms with Gasteiger partial charge in [0.05, 0.1) is 18.1 Å². The molecule has 0 unspecified atom stereocenters. The van der Waals surface area contributed by atoms with Gasteiger partial charge in [0.15, 0.2) is 0 Å².